The first kappa shape index (κ1) is 14.2. The fourth-order valence-corrected chi connectivity index (χ4v) is 3.99. The Morgan fingerprint density at radius 1 is 1.32 bits per heavy atom. The van der Waals surface area contributed by atoms with E-state index in [0.29, 0.717) is 16.6 Å². The van der Waals surface area contributed by atoms with E-state index < -0.39 is 0 Å². The number of fused-ring (bicyclic) bond motifs is 1. The maximum absolute atomic E-state index is 12.2. The summed E-state index contributed by atoms with van der Waals surface area (Å²) in [4.78, 5) is 21.7. The van der Waals surface area contributed by atoms with Crippen LogP contribution in [-0.4, -0.2) is 36.3 Å². The number of nitrogens with one attached hydrogen (secondary N) is 1. The molecule has 3 heterocycles. The Hall–Kier alpha value is -1.40. The summed E-state index contributed by atoms with van der Waals surface area (Å²) in [6.45, 7) is 5.62. The lowest BCUT2D eigenvalue weighted by molar-refractivity contribution is -0.124. The maximum Gasteiger partial charge on any atom is 0.258 e. The first-order chi connectivity index (χ1) is 10.6. The fraction of sp³-hybridized carbons (Fsp3) is 0.500. The lowest BCUT2D eigenvalue weighted by Crippen LogP contribution is -2.51. The molecular formula is C16H18BrN3O2. The highest BCUT2D eigenvalue weighted by Gasteiger charge is 2.41. The second-order valence-corrected chi connectivity index (χ2v) is 7.31. The number of hydrogen-bond acceptors (Lipinski definition) is 4. The predicted molar refractivity (Wildman–Crippen MR) is 89.5 cm³/mol. The van der Waals surface area contributed by atoms with Crippen molar-refractivity contribution in [3.63, 3.8) is 0 Å². The van der Waals surface area contributed by atoms with Crippen molar-refractivity contribution in [2.75, 3.05) is 31.2 Å². The van der Waals surface area contributed by atoms with Crippen LogP contribution in [0.15, 0.2) is 21.4 Å². The van der Waals surface area contributed by atoms with E-state index >= 15 is 0 Å². The molecule has 0 saturated carbocycles. The lowest BCUT2D eigenvalue weighted by Gasteiger charge is -2.48. The van der Waals surface area contributed by atoms with Crippen molar-refractivity contribution in [2.24, 2.45) is 5.41 Å². The summed E-state index contributed by atoms with van der Waals surface area (Å²) in [5.41, 5.74) is 2.16. The van der Waals surface area contributed by atoms with E-state index in [0.717, 1.165) is 54.8 Å². The van der Waals surface area contributed by atoms with Crippen molar-refractivity contribution in [3.8, 4) is 0 Å². The van der Waals surface area contributed by atoms with Crippen LogP contribution in [0, 0.1) is 12.3 Å². The molecule has 22 heavy (non-hydrogen) atoms. The number of rotatable bonds is 1. The van der Waals surface area contributed by atoms with E-state index in [1.807, 2.05) is 12.1 Å². The van der Waals surface area contributed by atoms with Crippen LogP contribution in [0.5, 0.6) is 0 Å². The second kappa shape index (κ2) is 5.06. The number of hydrogen-bond donors (Lipinski definition) is 1. The van der Waals surface area contributed by atoms with Crippen LogP contribution in [0.2, 0.25) is 0 Å². The Bertz CT molecular complexity index is 788. The van der Waals surface area contributed by atoms with Crippen LogP contribution in [0.1, 0.15) is 18.7 Å². The number of aryl methyl sites for hydroxylation is 1. The van der Waals surface area contributed by atoms with Gasteiger partial charge in [-0.05, 0) is 47.8 Å². The van der Waals surface area contributed by atoms with Crippen molar-refractivity contribution in [3.05, 3.63) is 32.8 Å². The van der Waals surface area contributed by atoms with Crippen LogP contribution in [0.25, 0.3) is 10.9 Å². The van der Waals surface area contributed by atoms with Gasteiger partial charge in [0.25, 0.3) is 5.56 Å². The molecule has 0 unspecified atom stereocenters. The third-order valence-electron chi connectivity index (χ3n) is 4.87. The Labute approximate surface area is 136 Å². The maximum atomic E-state index is 12.2. The Morgan fingerprint density at radius 3 is 2.68 bits per heavy atom. The highest BCUT2D eigenvalue weighted by Crippen LogP contribution is 2.41. The molecule has 2 saturated heterocycles. The average molecular weight is 364 g/mol. The van der Waals surface area contributed by atoms with E-state index in [1.165, 1.54) is 0 Å². The third kappa shape index (κ3) is 2.25. The first-order valence-electron chi connectivity index (χ1n) is 7.59. The SMILES string of the molecule is Cc1nc2cc(Br)c(N3CCC4(CC3)COC4)cc2c(=O)[nH]1. The summed E-state index contributed by atoms with van der Waals surface area (Å²) in [6.07, 6.45) is 2.31. The molecule has 1 N–H and O–H groups in total. The van der Waals surface area contributed by atoms with E-state index in [9.17, 15) is 4.79 Å². The van der Waals surface area contributed by atoms with Gasteiger partial charge < -0.3 is 14.6 Å². The van der Waals surface area contributed by atoms with Gasteiger partial charge in [-0.25, -0.2) is 4.98 Å². The molecule has 1 aromatic carbocycles. The van der Waals surface area contributed by atoms with Gasteiger partial charge in [0.05, 0.1) is 29.8 Å². The van der Waals surface area contributed by atoms with Crippen LogP contribution >= 0.6 is 15.9 Å². The lowest BCUT2D eigenvalue weighted by atomic mass is 9.77. The molecule has 6 heteroatoms. The number of aromatic nitrogens is 2. The Kier molecular flexibility index (Phi) is 3.27. The zero-order valence-electron chi connectivity index (χ0n) is 12.5. The molecular weight excluding hydrogens is 346 g/mol. The molecule has 116 valence electrons. The minimum Gasteiger partial charge on any atom is -0.380 e. The van der Waals surface area contributed by atoms with Crippen LogP contribution in [0.3, 0.4) is 0 Å². The quantitative estimate of drug-likeness (QED) is 0.845. The highest BCUT2D eigenvalue weighted by atomic mass is 79.9. The molecule has 0 aliphatic carbocycles. The predicted octanol–water partition coefficient (Wildman–Crippen LogP) is 2.61. The molecule has 1 aromatic heterocycles. The van der Waals surface area contributed by atoms with Gasteiger partial charge in [-0.2, -0.15) is 0 Å². The van der Waals surface area contributed by atoms with Gasteiger partial charge in [0.2, 0.25) is 0 Å². The van der Waals surface area contributed by atoms with E-state index in [1.54, 1.807) is 6.92 Å². The topological polar surface area (TPSA) is 58.2 Å². The molecule has 0 bridgehead atoms. The highest BCUT2D eigenvalue weighted by molar-refractivity contribution is 9.10. The van der Waals surface area contributed by atoms with Crippen molar-refractivity contribution >= 4 is 32.5 Å². The van der Waals surface area contributed by atoms with Crippen LogP contribution < -0.4 is 10.5 Å². The average Bonchev–Trinajstić information content (AvgIpc) is 2.45. The monoisotopic (exact) mass is 363 g/mol. The van der Waals surface area contributed by atoms with Crippen LogP contribution in [0.4, 0.5) is 5.69 Å². The number of anilines is 1. The van der Waals surface area contributed by atoms with Crippen molar-refractivity contribution < 1.29 is 4.74 Å². The van der Waals surface area contributed by atoms with Gasteiger partial charge in [-0.15, -0.1) is 0 Å². The Morgan fingerprint density at radius 2 is 2.05 bits per heavy atom. The summed E-state index contributed by atoms with van der Waals surface area (Å²) in [6, 6.07) is 3.91. The second-order valence-electron chi connectivity index (χ2n) is 6.45. The normalized spacial score (nSPS) is 20.4. The standard InChI is InChI=1S/C16H18BrN3O2/c1-10-18-13-7-12(17)14(6-11(13)15(21)19-10)20-4-2-16(3-5-20)8-22-9-16/h6-7H,2-5,8-9H2,1H3,(H,18,19,21). The summed E-state index contributed by atoms with van der Waals surface area (Å²) in [5.74, 6) is 0.641. The first-order valence-corrected chi connectivity index (χ1v) is 8.39. The molecule has 1 spiro atoms. The number of aromatic amines is 1. The minimum absolute atomic E-state index is 0.0721. The van der Waals surface area contributed by atoms with Crippen molar-refractivity contribution in [1.82, 2.24) is 9.97 Å². The van der Waals surface area contributed by atoms with Crippen molar-refractivity contribution in [2.45, 2.75) is 19.8 Å². The molecule has 2 aromatic rings. The van der Waals surface area contributed by atoms with Gasteiger partial charge in [-0.3, -0.25) is 4.79 Å². The van der Waals surface area contributed by atoms with Crippen molar-refractivity contribution in [1.29, 1.82) is 0 Å². The third-order valence-corrected chi connectivity index (χ3v) is 5.51. The number of H-pyrrole nitrogens is 1. The van der Waals surface area contributed by atoms with E-state index in [4.69, 9.17) is 4.74 Å². The van der Waals surface area contributed by atoms with E-state index in [-0.39, 0.29) is 5.56 Å². The number of ether oxygens (including phenoxy) is 1. The summed E-state index contributed by atoms with van der Waals surface area (Å²) >= 11 is 3.64. The molecule has 4 rings (SSSR count). The summed E-state index contributed by atoms with van der Waals surface area (Å²) < 4.78 is 6.38. The molecule has 0 radical (unpaired) electrons. The molecule has 5 nitrogen and oxygen atoms in total. The molecule has 2 aliphatic rings. The smallest absolute Gasteiger partial charge is 0.258 e. The molecule has 2 aliphatic heterocycles. The van der Waals surface area contributed by atoms with Gasteiger partial charge in [0.1, 0.15) is 5.82 Å². The Balaban J connectivity index is 1.70. The summed E-state index contributed by atoms with van der Waals surface area (Å²) in [5, 5.41) is 0.649. The number of benzene rings is 1. The zero-order chi connectivity index (χ0) is 15.3. The number of piperidine rings is 1. The largest absolute Gasteiger partial charge is 0.380 e. The van der Waals surface area contributed by atoms with Gasteiger partial charge in [0, 0.05) is 23.0 Å². The van der Waals surface area contributed by atoms with Gasteiger partial charge in [-0.1, -0.05) is 0 Å². The molecule has 0 atom stereocenters. The van der Waals surface area contributed by atoms with Gasteiger partial charge in [0.15, 0.2) is 0 Å². The zero-order valence-corrected chi connectivity index (χ0v) is 14.1. The molecule has 2 fully saturated rings. The van der Waals surface area contributed by atoms with E-state index in [2.05, 4.69) is 30.8 Å². The molecule has 0 amide bonds. The minimum atomic E-state index is -0.0721. The summed E-state index contributed by atoms with van der Waals surface area (Å²) in [7, 11) is 0. The van der Waals surface area contributed by atoms with Crippen LogP contribution in [-0.2, 0) is 4.74 Å². The number of halogens is 1. The fourth-order valence-electron chi connectivity index (χ4n) is 3.41. The number of nitrogens with zero attached hydrogens (tertiary/aromatic N) is 2. The van der Waals surface area contributed by atoms with Gasteiger partial charge >= 0.3 is 0 Å².